The number of nitrogens with one attached hydrogen (secondary N) is 2. The van der Waals surface area contributed by atoms with Gasteiger partial charge in [-0.1, -0.05) is 118 Å². The number of rotatable bonds is 53. The van der Waals surface area contributed by atoms with Gasteiger partial charge in [0.05, 0.1) is 142 Å². The number of hydrogen-bond donors (Lipinski definition) is 5. The highest BCUT2D eigenvalue weighted by molar-refractivity contribution is 7.91. The monoisotopic (exact) mass is 2240 g/mol. The Balaban J connectivity index is 0.000000366. The van der Waals surface area contributed by atoms with E-state index in [4.69, 9.17) is 139 Å². The number of likely N-dealkylation sites (N-methyl/N-ethyl adjacent to an activating group) is 3. The van der Waals surface area contributed by atoms with Gasteiger partial charge in [-0.2, -0.15) is 26.3 Å². The van der Waals surface area contributed by atoms with Crippen molar-refractivity contribution in [1.82, 2.24) is 35.5 Å². The Morgan fingerprint density at radius 1 is 0.429 bits per heavy atom. The summed E-state index contributed by atoms with van der Waals surface area (Å²) in [4.78, 5) is 126. The number of hydroxylamine groups is 4. The number of Topliss-reactive ketones (excluding diaryl/α,β-unsaturated/α-hetero) is 1. The Hall–Kier alpha value is -8.79. The van der Waals surface area contributed by atoms with Crippen LogP contribution in [0.2, 0.25) is 30.1 Å². The zero-order valence-electron chi connectivity index (χ0n) is 82.2. The summed E-state index contributed by atoms with van der Waals surface area (Å²) in [6, 6.07) is 34.2. The van der Waals surface area contributed by atoms with Gasteiger partial charge < -0.3 is 93.6 Å². The molecule has 0 aliphatic carbocycles. The molecule has 2 fully saturated rings. The van der Waals surface area contributed by atoms with Crippen LogP contribution in [0.4, 0.5) is 30.7 Å². The van der Waals surface area contributed by atoms with Gasteiger partial charge >= 0.3 is 36.2 Å². The standard InChI is InChI=1S/C55H72Cl4N4O10S.C25H34Cl2N2O5S.C12H12N2O8.2C2HF3O2.CH3F/c1-62-36-49(47-31-43(56)33-53(58)51(47)38-62)41-8-3-7-40(29-41)35-60-14-18-70-22-26-73-27-23-71-19-15-61-55(65)13-12-45(64)10-5-16-68-20-24-72-25-21-69-17-6-28-74(66,67)46-11-4-9-42(30-46)50-37-63(2)39-52-48(50)32-44(57)34-54(52)59;1-29-17-23(22-15-20(26)16-25(27)24(22)18-29)19-4-2-5-21(14-19)35(30,31)13-3-7-32-9-11-34-12-10-33-8-6-28;15-7-1-2-8(16)13(7)21-11(19)5-6-12(20)22-14-9(17)3-4-10(14)18;2*3-2(4,5)1(6)7;1-2/h3-4,7-9,11,29-34,49-50,60H,5-6,10,12-28,35-39H2,1-2H3,(H,61,65);2,4-5,14-16,23H,3,6-13,17-18,28H2,1H3;1-6H2;2*(H,6,7);1H3/i;;;;;1D. The van der Waals surface area contributed by atoms with Gasteiger partial charge in [0.2, 0.25) is 5.91 Å². The normalized spacial score (nSPS) is 15.9. The predicted molar refractivity (Wildman–Crippen MR) is 529 cm³/mol. The van der Waals surface area contributed by atoms with Gasteiger partial charge in [-0.05, 0) is 157 Å². The molecule has 6 aromatic carbocycles. The molecular formula is C97H123Cl6F7N8O27S2. The van der Waals surface area contributed by atoms with Crippen LogP contribution in [0.25, 0.3) is 0 Å². The third-order valence-corrected chi connectivity index (χ3v) is 27.3. The van der Waals surface area contributed by atoms with Crippen LogP contribution >= 0.6 is 69.6 Å². The number of ether oxygens (including phenoxy) is 9. The molecule has 3 unspecified atom stereocenters. The van der Waals surface area contributed by atoms with E-state index in [1.807, 2.05) is 44.4 Å². The molecule has 0 bridgehead atoms. The van der Waals surface area contributed by atoms with Crippen molar-refractivity contribution in [2.24, 2.45) is 5.73 Å². The van der Waals surface area contributed by atoms with E-state index in [-0.39, 0.29) is 91.0 Å². The molecule has 0 saturated carbocycles. The number of carboxylic acids is 2. The largest absolute Gasteiger partial charge is 0.490 e. The number of fused-ring (bicyclic) bond motifs is 3. The van der Waals surface area contributed by atoms with Crippen molar-refractivity contribution in [2.75, 3.05) is 198 Å². The number of aliphatic carboxylic acids is 2. The van der Waals surface area contributed by atoms with E-state index in [9.17, 15) is 85.9 Å². The number of nitrogens with zero attached hydrogens (tertiary/aromatic N) is 5. The molecule has 5 aliphatic rings. The second-order valence-electron chi connectivity index (χ2n) is 33.5. The van der Waals surface area contributed by atoms with Crippen molar-refractivity contribution < 1.29 is 159 Å². The Kier molecular flexibility index (Phi) is 56.3. The van der Waals surface area contributed by atoms with Crippen LogP contribution in [0.3, 0.4) is 0 Å². The van der Waals surface area contributed by atoms with Crippen molar-refractivity contribution in [3.63, 3.8) is 0 Å². The third-order valence-electron chi connectivity index (χ3n) is 22.1. The number of hydrogen-bond acceptors (Lipinski definition) is 30. The summed E-state index contributed by atoms with van der Waals surface area (Å²) in [5.41, 5.74) is 16.1. The highest BCUT2D eigenvalue weighted by Crippen LogP contribution is 2.43. The number of sulfone groups is 2. The summed E-state index contributed by atoms with van der Waals surface area (Å²) in [5, 5.41) is 25.0. The molecule has 5 aliphatic heterocycles. The number of amides is 5. The molecular weight excluding hydrogens is 2120 g/mol. The predicted octanol–water partition coefficient (Wildman–Crippen LogP) is 13.3. The first-order chi connectivity index (χ1) is 70.3. The van der Waals surface area contributed by atoms with Gasteiger partial charge in [-0.25, -0.2) is 36.0 Å². The van der Waals surface area contributed by atoms with Crippen LogP contribution in [0.5, 0.6) is 0 Å². The van der Waals surface area contributed by atoms with E-state index in [2.05, 4.69) is 72.4 Å². The average Bonchev–Trinajstić information content (AvgIpc) is 0.792. The lowest BCUT2D eigenvalue weighted by atomic mass is 9.84. The van der Waals surface area contributed by atoms with Gasteiger partial charge in [-0.3, -0.25) is 33.2 Å². The van der Waals surface area contributed by atoms with Crippen LogP contribution in [-0.4, -0.2) is 321 Å². The molecule has 0 aromatic heterocycles. The maximum atomic E-state index is 13.2. The lowest BCUT2D eigenvalue weighted by molar-refractivity contribution is -0.201. The quantitative estimate of drug-likeness (QED) is 0.0134. The summed E-state index contributed by atoms with van der Waals surface area (Å²) in [6.07, 6.45) is -9.27. The van der Waals surface area contributed by atoms with Gasteiger partial charge in [-0.15, -0.1) is 10.1 Å². The number of halogens is 13. The summed E-state index contributed by atoms with van der Waals surface area (Å²) >= 11 is 38.6. The Morgan fingerprint density at radius 3 is 1.09 bits per heavy atom. The summed E-state index contributed by atoms with van der Waals surface area (Å²) in [7, 11) is -1.80. The first kappa shape index (κ1) is 125. The van der Waals surface area contributed by atoms with E-state index in [0.29, 0.717) is 204 Å². The molecule has 3 atom stereocenters. The van der Waals surface area contributed by atoms with Crippen molar-refractivity contribution in [3.05, 3.63) is 195 Å². The Morgan fingerprint density at radius 2 is 0.741 bits per heavy atom. The van der Waals surface area contributed by atoms with Crippen LogP contribution < -0.4 is 16.4 Å². The molecule has 11 rings (SSSR count). The minimum Gasteiger partial charge on any atom is -0.475 e. The third kappa shape index (κ3) is 46.1. The Bertz CT molecular complexity index is 5440. The van der Waals surface area contributed by atoms with Gasteiger partial charge in [0.1, 0.15) is 5.78 Å². The van der Waals surface area contributed by atoms with Crippen LogP contribution in [0, 0.1) is 0 Å². The van der Waals surface area contributed by atoms with E-state index < -0.39 is 99.5 Å². The maximum absolute atomic E-state index is 13.2. The van der Waals surface area contributed by atoms with Crippen molar-refractivity contribution in [2.45, 2.75) is 143 Å². The van der Waals surface area contributed by atoms with Gasteiger partial charge in [0.15, 0.2) is 19.7 Å². The fourth-order valence-electron chi connectivity index (χ4n) is 15.1. The first-order valence-corrected chi connectivity index (χ1v) is 52.1. The van der Waals surface area contributed by atoms with Gasteiger partial charge in [0.25, 0.3) is 23.6 Å². The molecule has 5 heterocycles. The molecule has 2 saturated heterocycles. The highest BCUT2D eigenvalue weighted by atomic mass is 35.5. The minimum absolute atomic E-state index is 0.0106. The number of alkyl halides is 7. The van der Waals surface area contributed by atoms with Crippen molar-refractivity contribution >= 4 is 148 Å². The number of nitrogens with two attached hydrogens (primary N) is 1. The highest BCUT2D eigenvalue weighted by Gasteiger charge is 2.41. The lowest BCUT2D eigenvalue weighted by Gasteiger charge is -2.33. The molecule has 816 valence electrons. The zero-order valence-corrected chi connectivity index (χ0v) is 87.3. The van der Waals surface area contributed by atoms with E-state index in [0.717, 1.165) is 83.2 Å². The second kappa shape index (κ2) is 66.1. The summed E-state index contributed by atoms with van der Waals surface area (Å²) in [5.74, 6) is -10.0. The SMILES string of the molecule is CN1Cc2c(Cl)cc(Cl)cc2C(c2cccc(CNCCOCCOCCOCCNC(=O)CCC(=O)CCCOCCOCCOCCCS(=O)(=O)c3cccc(C4CN(C)Cc5c(Cl)cc(Cl)cc54)c3)c2)C1.CN1Cc2c(Cl)cc(Cl)cc2C(c2cccc(S(=O)(=O)CCCOCCOCCOCCN)c2)C1.O=C(CCC(=O)ON1C(=O)CCC1=O)ON1C(=O)CCC1=O.O=C(O)C(F)(F)F.O=C(O)C(F)(F)F.[2H]CF. The first-order valence-electron chi connectivity index (χ1n) is 47.2. The van der Waals surface area contributed by atoms with Crippen LogP contribution in [0.15, 0.2) is 119 Å². The maximum Gasteiger partial charge on any atom is 0.490 e. The van der Waals surface area contributed by atoms with Crippen LogP contribution in [0.1, 0.15) is 152 Å². The fraction of sp³-hybridized carbons (Fsp3) is 0.526. The van der Waals surface area contributed by atoms with E-state index in [1.54, 1.807) is 48.5 Å². The number of ketones is 1. The van der Waals surface area contributed by atoms with Crippen LogP contribution in [-0.2, 0) is 146 Å². The number of carboxylic acid groups (broad SMARTS) is 2. The summed E-state index contributed by atoms with van der Waals surface area (Å²) in [6.45, 7) is 14.4. The molecule has 6 aromatic rings. The molecule has 6 N–H and O–H groups in total. The topological polar surface area (TPSA) is 447 Å². The minimum atomic E-state index is -5.08. The number of carbonyl (C=O) groups excluding carboxylic acids is 8. The second-order valence-corrected chi connectivity index (χ2v) is 40.3. The van der Waals surface area contributed by atoms with E-state index in [1.165, 1.54) is 16.7 Å². The average molecular weight is 2240 g/mol. The molecule has 0 spiro atoms. The van der Waals surface area contributed by atoms with Gasteiger partial charge in [0, 0.05) is 178 Å². The number of imide groups is 2. The summed E-state index contributed by atoms with van der Waals surface area (Å²) < 4.78 is 181. The number of benzene rings is 6. The number of carbonyl (C=O) groups is 10. The lowest BCUT2D eigenvalue weighted by Crippen LogP contribution is -2.33. The molecule has 147 heavy (non-hydrogen) atoms. The molecule has 50 heteroatoms. The molecule has 35 nitrogen and oxygen atoms in total. The molecule has 5 amide bonds. The fourth-order valence-corrected chi connectivity index (χ4v) is 19.5. The van der Waals surface area contributed by atoms with Crippen molar-refractivity contribution in [1.29, 1.82) is 0 Å². The molecule has 0 radical (unpaired) electrons. The smallest absolute Gasteiger partial charge is 0.475 e. The Labute approximate surface area is 879 Å². The van der Waals surface area contributed by atoms with E-state index >= 15 is 0 Å². The van der Waals surface area contributed by atoms with Crippen molar-refractivity contribution in [3.8, 4) is 0 Å². The zero-order chi connectivity index (χ0) is 109.